The highest BCUT2D eigenvalue weighted by Gasteiger charge is 2.34. The SMILES string of the molecule is CCC(NC(=O)C1CCN(S(=O)(=O)c2c(Cl)cccc2Cl)CC1)c1ccc(Cl)cc1. The first kappa shape index (κ1) is 23.4. The first-order chi connectivity index (χ1) is 14.2. The van der Waals surface area contributed by atoms with E-state index in [-0.39, 0.29) is 45.9 Å². The molecule has 0 aliphatic carbocycles. The zero-order valence-electron chi connectivity index (χ0n) is 16.4. The molecule has 2 aromatic rings. The maximum atomic E-state index is 13.0. The molecule has 1 aliphatic heterocycles. The van der Waals surface area contributed by atoms with Crippen LogP contribution in [0, 0.1) is 5.92 Å². The second-order valence-electron chi connectivity index (χ2n) is 7.25. The van der Waals surface area contributed by atoms with Gasteiger partial charge in [0, 0.05) is 24.0 Å². The molecule has 1 heterocycles. The zero-order valence-corrected chi connectivity index (χ0v) is 19.5. The molecule has 9 heteroatoms. The molecule has 3 rings (SSSR count). The highest BCUT2D eigenvalue weighted by atomic mass is 35.5. The maximum absolute atomic E-state index is 13.0. The van der Waals surface area contributed by atoms with Gasteiger partial charge < -0.3 is 5.32 Å². The molecule has 162 valence electrons. The van der Waals surface area contributed by atoms with Gasteiger partial charge in [-0.25, -0.2) is 8.42 Å². The average molecular weight is 490 g/mol. The topological polar surface area (TPSA) is 66.5 Å². The number of nitrogens with one attached hydrogen (secondary N) is 1. The number of carbonyl (C=O) groups excluding carboxylic acids is 1. The van der Waals surface area contributed by atoms with Crippen LogP contribution in [0.2, 0.25) is 15.1 Å². The Labute approximate surface area is 192 Å². The minimum Gasteiger partial charge on any atom is -0.349 e. The van der Waals surface area contributed by atoms with Gasteiger partial charge in [0.2, 0.25) is 15.9 Å². The van der Waals surface area contributed by atoms with Gasteiger partial charge in [-0.1, -0.05) is 59.9 Å². The van der Waals surface area contributed by atoms with E-state index in [2.05, 4.69) is 5.32 Å². The highest BCUT2D eigenvalue weighted by molar-refractivity contribution is 7.89. The molecule has 1 atom stereocenters. The molecule has 2 aromatic carbocycles. The van der Waals surface area contributed by atoms with Crippen molar-refractivity contribution in [3.8, 4) is 0 Å². The molecule has 1 saturated heterocycles. The predicted molar refractivity (Wildman–Crippen MR) is 121 cm³/mol. The monoisotopic (exact) mass is 488 g/mol. The van der Waals surface area contributed by atoms with Crippen LogP contribution in [0.4, 0.5) is 0 Å². The minimum atomic E-state index is -3.82. The smallest absolute Gasteiger partial charge is 0.246 e. The number of rotatable bonds is 6. The normalized spacial score (nSPS) is 16.9. The van der Waals surface area contributed by atoms with Crippen molar-refractivity contribution in [2.75, 3.05) is 13.1 Å². The molecular formula is C21H23Cl3N2O3S. The summed E-state index contributed by atoms with van der Waals surface area (Å²) in [4.78, 5) is 12.7. The van der Waals surface area contributed by atoms with Gasteiger partial charge in [-0.2, -0.15) is 4.31 Å². The molecule has 30 heavy (non-hydrogen) atoms. The van der Waals surface area contributed by atoms with Crippen LogP contribution in [0.5, 0.6) is 0 Å². The fourth-order valence-electron chi connectivity index (χ4n) is 3.62. The van der Waals surface area contributed by atoms with Crippen molar-refractivity contribution in [2.24, 2.45) is 5.92 Å². The Bertz CT molecular complexity index is 984. The number of amides is 1. The second kappa shape index (κ2) is 9.88. The van der Waals surface area contributed by atoms with Crippen LogP contribution in [0.1, 0.15) is 37.8 Å². The van der Waals surface area contributed by atoms with Gasteiger partial charge in [0.05, 0.1) is 16.1 Å². The van der Waals surface area contributed by atoms with Crippen molar-refractivity contribution in [3.63, 3.8) is 0 Å². The fourth-order valence-corrected chi connectivity index (χ4v) is 6.31. The molecule has 1 amide bonds. The van der Waals surface area contributed by atoms with Crippen molar-refractivity contribution in [2.45, 2.75) is 37.1 Å². The largest absolute Gasteiger partial charge is 0.349 e. The van der Waals surface area contributed by atoms with E-state index in [1.165, 1.54) is 16.4 Å². The van der Waals surface area contributed by atoms with Crippen LogP contribution >= 0.6 is 34.8 Å². The predicted octanol–water partition coefficient (Wildman–Crippen LogP) is 5.32. The number of hydrogen-bond acceptors (Lipinski definition) is 3. The summed E-state index contributed by atoms with van der Waals surface area (Å²) in [6.45, 7) is 2.47. The lowest BCUT2D eigenvalue weighted by molar-refractivity contribution is -0.126. The number of benzene rings is 2. The summed E-state index contributed by atoms with van der Waals surface area (Å²) in [6, 6.07) is 11.9. The molecule has 0 bridgehead atoms. The summed E-state index contributed by atoms with van der Waals surface area (Å²) in [6.07, 6.45) is 1.61. The molecule has 0 spiro atoms. The van der Waals surface area contributed by atoms with Gasteiger partial charge >= 0.3 is 0 Å². The lowest BCUT2D eigenvalue weighted by atomic mass is 9.96. The summed E-state index contributed by atoms with van der Waals surface area (Å²) in [5.41, 5.74) is 0.989. The number of nitrogens with zero attached hydrogens (tertiary/aromatic N) is 1. The van der Waals surface area contributed by atoms with Crippen molar-refractivity contribution in [1.82, 2.24) is 9.62 Å². The van der Waals surface area contributed by atoms with Crippen LogP contribution in [0.3, 0.4) is 0 Å². The lowest BCUT2D eigenvalue weighted by Crippen LogP contribution is -2.43. The van der Waals surface area contributed by atoms with Crippen molar-refractivity contribution < 1.29 is 13.2 Å². The molecular weight excluding hydrogens is 467 g/mol. The maximum Gasteiger partial charge on any atom is 0.246 e. The number of piperidine rings is 1. The van der Waals surface area contributed by atoms with Crippen LogP contribution in [-0.4, -0.2) is 31.7 Å². The Hall–Kier alpha value is -1.31. The van der Waals surface area contributed by atoms with E-state index in [4.69, 9.17) is 34.8 Å². The van der Waals surface area contributed by atoms with Gasteiger partial charge in [-0.05, 0) is 49.1 Å². The van der Waals surface area contributed by atoms with E-state index in [0.717, 1.165) is 12.0 Å². The van der Waals surface area contributed by atoms with Gasteiger partial charge in [0.1, 0.15) is 4.90 Å². The number of carbonyl (C=O) groups is 1. The standard InChI is InChI=1S/C21H23Cl3N2O3S/c1-2-19(14-6-8-16(22)9-7-14)25-21(27)15-10-12-26(13-11-15)30(28,29)20-17(23)4-3-5-18(20)24/h3-9,15,19H,2,10-13H2,1H3,(H,25,27). The van der Waals surface area contributed by atoms with Crippen LogP contribution < -0.4 is 5.32 Å². The summed E-state index contributed by atoms with van der Waals surface area (Å²) in [7, 11) is -3.82. The lowest BCUT2D eigenvalue weighted by Gasteiger charge is -2.32. The molecule has 1 unspecified atom stereocenters. The molecule has 5 nitrogen and oxygen atoms in total. The second-order valence-corrected chi connectivity index (χ2v) is 10.4. The van der Waals surface area contributed by atoms with E-state index in [1.54, 1.807) is 18.2 Å². The molecule has 1 N–H and O–H groups in total. The van der Waals surface area contributed by atoms with Gasteiger partial charge in [0.15, 0.2) is 0 Å². The van der Waals surface area contributed by atoms with E-state index >= 15 is 0 Å². The Morgan fingerprint density at radius 3 is 2.17 bits per heavy atom. The Morgan fingerprint density at radius 1 is 1.07 bits per heavy atom. The van der Waals surface area contributed by atoms with E-state index < -0.39 is 10.0 Å². The molecule has 0 aromatic heterocycles. The fraction of sp³-hybridized carbons (Fsp3) is 0.381. The quantitative estimate of drug-likeness (QED) is 0.597. The van der Waals surface area contributed by atoms with E-state index in [0.29, 0.717) is 17.9 Å². The van der Waals surface area contributed by atoms with Gasteiger partial charge in [-0.15, -0.1) is 0 Å². The summed E-state index contributed by atoms with van der Waals surface area (Å²) >= 11 is 18.1. The Morgan fingerprint density at radius 2 is 1.63 bits per heavy atom. The number of hydrogen-bond donors (Lipinski definition) is 1. The summed E-state index contributed by atoms with van der Waals surface area (Å²) in [5, 5.41) is 3.92. The van der Waals surface area contributed by atoms with Gasteiger partial charge in [0.25, 0.3) is 0 Å². The molecule has 1 fully saturated rings. The minimum absolute atomic E-state index is 0.0652. The van der Waals surface area contributed by atoms with E-state index in [9.17, 15) is 13.2 Å². The van der Waals surface area contributed by atoms with E-state index in [1.807, 2.05) is 19.1 Å². The van der Waals surface area contributed by atoms with Crippen molar-refractivity contribution >= 4 is 50.7 Å². The first-order valence-corrected chi connectivity index (χ1v) is 12.3. The molecule has 0 radical (unpaired) electrons. The van der Waals surface area contributed by atoms with Gasteiger partial charge in [-0.3, -0.25) is 4.79 Å². The third kappa shape index (κ3) is 5.11. The number of halogens is 3. The average Bonchev–Trinajstić information content (AvgIpc) is 2.72. The van der Waals surface area contributed by atoms with Crippen LogP contribution in [0.15, 0.2) is 47.4 Å². The zero-order chi connectivity index (χ0) is 21.9. The molecule has 0 saturated carbocycles. The highest BCUT2D eigenvalue weighted by Crippen LogP contribution is 2.33. The Kier molecular flexibility index (Phi) is 7.69. The van der Waals surface area contributed by atoms with Crippen LogP contribution in [0.25, 0.3) is 0 Å². The number of sulfonamides is 1. The third-order valence-electron chi connectivity index (χ3n) is 5.34. The van der Waals surface area contributed by atoms with Crippen molar-refractivity contribution in [3.05, 3.63) is 63.1 Å². The molecule has 1 aliphatic rings. The Balaban J connectivity index is 1.64. The van der Waals surface area contributed by atoms with Crippen molar-refractivity contribution in [1.29, 1.82) is 0 Å². The summed E-state index contributed by atoms with van der Waals surface area (Å²) < 4.78 is 27.3. The summed E-state index contributed by atoms with van der Waals surface area (Å²) in [5.74, 6) is -0.316. The third-order valence-corrected chi connectivity index (χ3v) is 8.45. The van der Waals surface area contributed by atoms with Crippen LogP contribution in [-0.2, 0) is 14.8 Å². The first-order valence-electron chi connectivity index (χ1n) is 9.74.